The van der Waals surface area contributed by atoms with E-state index in [1.165, 1.54) is 0 Å². The van der Waals surface area contributed by atoms with E-state index in [2.05, 4.69) is 10.2 Å². The van der Waals surface area contributed by atoms with Crippen LogP contribution in [0.2, 0.25) is 0 Å². The first-order chi connectivity index (χ1) is 11.6. The molecule has 132 valence electrons. The molecule has 5 heteroatoms. The van der Waals surface area contributed by atoms with Crippen LogP contribution in [0.1, 0.15) is 39.5 Å². The zero-order valence-electron chi connectivity index (χ0n) is 14.7. The number of ether oxygens (including phenoxy) is 2. The molecule has 1 unspecified atom stereocenters. The topological polar surface area (TPSA) is 50.8 Å². The van der Waals surface area contributed by atoms with Crippen molar-refractivity contribution in [2.75, 3.05) is 26.2 Å². The molecule has 0 aliphatic carbocycles. The van der Waals surface area contributed by atoms with Crippen LogP contribution in [0.5, 0.6) is 11.5 Å². The third-order valence-electron chi connectivity index (χ3n) is 4.93. The van der Waals surface area contributed by atoms with Gasteiger partial charge >= 0.3 is 0 Å². The molecule has 0 saturated carbocycles. The Morgan fingerprint density at radius 1 is 1.21 bits per heavy atom. The molecule has 1 N–H and O–H groups in total. The van der Waals surface area contributed by atoms with Crippen molar-refractivity contribution >= 4 is 5.91 Å². The number of benzene rings is 1. The van der Waals surface area contributed by atoms with Crippen molar-refractivity contribution < 1.29 is 14.3 Å². The van der Waals surface area contributed by atoms with Gasteiger partial charge in [0.15, 0.2) is 11.5 Å². The molecule has 1 atom stereocenters. The molecular formula is C19H28N2O3. The normalized spacial score (nSPS) is 24.4. The van der Waals surface area contributed by atoms with Gasteiger partial charge in [-0.25, -0.2) is 0 Å². The number of likely N-dealkylation sites (tertiary alicyclic amines) is 1. The molecule has 1 aromatic carbocycles. The highest BCUT2D eigenvalue weighted by Crippen LogP contribution is 2.35. The molecule has 2 aliphatic heterocycles. The summed E-state index contributed by atoms with van der Waals surface area (Å²) in [6, 6.07) is 7.77. The minimum atomic E-state index is -0.296. The predicted octanol–water partition coefficient (Wildman–Crippen LogP) is 2.60. The van der Waals surface area contributed by atoms with E-state index in [9.17, 15) is 4.79 Å². The highest BCUT2D eigenvalue weighted by Gasteiger charge is 2.47. The molecule has 0 bridgehead atoms. The summed E-state index contributed by atoms with van der Waals surface area (Å²) in [7, 11) is 0. The van der Waals surface area contributed by atoms with E-state index in [1.54, 1.807) is 0 Å². The second-order valence-electron chi connectivity index (χ2n) is 6.94. The van der Waals surface area contributed by atoms with Gasteiger partial charge in [-0.1, -0.05) is 12.1 Å². The van der Waals surface area contributed by atoms with E-state index >= 15 is 0 Å². The molecule has 1 aromatic rings. The van der Waals surface area contributed by atoms with Crippen LogP contribution in [0, 0.1) is 0 Å². The van der Waals surface area contributed by atoms with Crippen LogP contribution in [-0.4, -0.2) is 48.7 Å². The summed E-state index contributed by atoms with van der Waals surface area (Å²) in [5.41, 5.74) is -0.296. The van der Waals surface area contributed by atoms with Gasteiger partial charge in [0.25, 0.3) is 0 Å². The van der Waals surface area contributed by atoms with E-state index < -0.39 is 0 Å². The molecule has 5 nitrogen and oxygen atoms in total. The Kier molecular flexibility index (Phi) is 5.29. The summed E-state index contributed by atoms with van der Waals surface area (Å²) in [4.78, 5) is 14.7. The van der Waals surface area contributed by atoms with Crippen LogP contribution < -0.4 is 14.8 Å². The number of rotatable bonds is 6. The molecule has 24 heavy (non-hydrogen) atoms. The van der Waals surface area contributed by atoms with Gasteiger partial charge in [0.05, 0.1) is 6.10 Å². The van der Waals surface area contributed by atoms with E-state index in [-0.39, 0.29) is 17.6 Å². The first kappa shape index (κ1) is 17.1. The van der Waals surface area contributed by atoms with Gasteiger partial charge in [-0.05, 0) is 58.2 Å². The van der Waals surface area contributed by atoms with Crippen molar-refractivity contribution in [3.05, 3.63) is 24.3 Å². The largest absolute Gasteiger partial charge is 0.488 e. The van der Waals surface area contributed by atoms with Crippen molar-refractivity contribution in [3.8, 4) is 11.5 Å². The SMILES string of the molecule is CC(C)Oc1ccccc1OCCN1CCCC12CCCNC2=O. The average molecular weight is 332 g/mol. The fraction of sp³-hybridized carbons (Fsp3) is 0.632. The van der Waals surface area contributed by atoms with Crippen molar-refractivity contribution in [2.24, 2.45) is 0 Å². The van der Waals surface area contributed by atoms with Crippen molar-refractivity contribution in [1.29, 1.82) is 0 Å². The monoisotopic (exact) mass is 332 g/mol. The van der Waals surface area contributed by atoms with Gasteiger partial charge in [0.2, 0.25) is 5.91 Å². The Hall–Kier alpha value is -1.75. The summed E-state index contributed by atoms with van der Waals surface area (Å²) in [6.45, 7) is 7.13. The number of amides is 1. The lowest BCUT2D eigenvalue weighted by Crippen LogP contribution is -2.59. The lowest BCUT2D eigenvalue weighted by Gasteiger charge is -2.40. The highest BCUT2D eigenvalue weighted by atomic mass is 16.5. The van der Waals surface area contributed by atoms with Crippen LogP contribution in [0.15, 0.2) is 24.3 Å². The van der Waals surface area contributed by atoms with Crippen LogP contribution in [0.4, 0.5) is 0 Å². The zero-order chi connectivity index (χ0) is 17.0. The first-order valence-corrected chi connectivity index (χ1v) is 9.04. The molecule has 2 heterocycles. The summed E-state index contributed by atoms with van der Waals surface area (Å²) in [6.07, 6.45) is 4.19. The summed E-state index contributed by atoms with van der Waals surface area (Å²) in [5.74, 6) is 1.75. The van der Waals surface area contributed by atoms with E-state index in [0.29, 0.717) is 6.61 Å². The van der Waals surface area contributed by atoms with Crippen molar-refractivity contribution in [2.45, 2.75) is 51.2 Å². The van der Waals surface area contributed by atoms with Crippen LogP contribution in [-0.2, 0) is 4.79 Å². The minimum Gasteiger partial charge on any atom is -0.488 e. The van der Waals surface area contributed by atoms with E-state index in [1.807, 2.05) is 38.1 Å². The van der Waals surface area contributed by atoms with Crippen LogP contribution in [0.3, 0.4) is 0 Å². The number of carbonyl (C=O) groups excluding carboxylic acids is 1. The molecule has 2 fully saturated rings. The van der Waals surface area contributed by atoms with Gasteiger partial charge in [-0.15, -0.1) is 0 Å². The Labute approximate surface area is 144 Å². The van der Waals surface area contributed by atoms with Crippen LogP contribution in [0.25, 0.3) is 0 Å². The maximum Gasteiger partial charge on any atom is 0.240 e. The maximum absolute atomic E-state index is 12.4. The molecule has 0 radical (unpaired) electrons. The van der Waals surface area contributed by atoms with Gasteiger partial charge in [-0.2, -0.15) is 0 Å². The van der Waals surface area contributed by atoms with Gasteiger partial charge < -0.3 is 14.8 Å². The number of hydrogen-bond donors (Lipinski definition) is 1. The molecule has 0 aromatic heterocycles. The Morgan fingerprint density at radius 2 is 1.96 bits per heavy atom. The predicted molar refractivity (Wildman–Crippen MR) is 93.5 cm³/mol. The molecule has 3 rings (SSSR count). The molecule has 1 amide bonds. The first-order valence-electron chi connectivity index (χ1n) is 9.04. The third-order valence-corrected chi connectivity index (χ3v) is 4.93. The van der Waals surface area contributed by atoms with Gasteiger partial charge in [-0.3, -0.25) is 9.69 Å². The lowest BCUT2D eigenvalue weighted by molar-refractivity contribution is -0.134. The average Bonchev–Trinajstić information content (AvgIpc) is 2.95. The maximum atomic E-state index is 12.4. The standard InChI is InChI=1S/C19H28N2O3/c1-15(2)24-17-8-4-3-7-16(17)23-14-13-21-12-6-10-19(21)9-5-11-20-18(19)22/h3-4,7-8,15H,5-6,9-14H2,1-2H3,(H,20,22). The second-order valence-corrected chi connectivity index (χ2v) is 6.94. The van der Waals surface area contributed by atoms with Crippen molar-refractivity contribution in [1.82, 2.24) is 10.2 Å². The smallest absolute Gasteiger partial charge is 0.240 e. The highest BCUT2D eigenvalue weighted by molar-refractivity contribution is 5.87. The number of carbonyl (C=O) groups is 1. The van der Waals surface area contributed by atoms with Gasteiger partial charge in [0.1, 0.15) is 12.1 Å². The molecular weight excluding hydrogens is 304 g/mol. The fourth-order valence-corrected chi connectivity index (χ4v) is 3.85. The van der Waals surface area contributed by atoms with Crippen LogP contribution >= 0.6 is 0 Å². The van der Waals surface area contributed by atoms with Gasteiger partial charge in [0, 0.05) is 13.1 Å². The Morgan fingerprint density at radius 3 is 2.71 bits per heavy atom. The zero-order valence-corrected chi connectivity index (χ0v) is 14.7. The quantitative estimate of drug-likeness (QED) is 0.870. The Bertz CT molecular complexity index is 575. The number of nitrogens with one attached hydrogen (secondary N) is 1. The molecule has 2 saturated heterocycles. The van der Waals surface area contributed by atoms with Crippen molar-refractivity contribution in [3.63, 3.8) is 0 Å². The molecule has 2 aliphatic rings. The second kappa shape index (κ2) is 7.43. The summed E-state index contributed by atoms with van der Waals surface area (Å²) in [5, 5.41) is 3.04. The minimum absolute atomic E-state index is 0.113. The summed E-state index contributed by atoms with van der Waals surface area (Å²) < 4.78 is 11.8. The van der Waals surface area contributed by atoms with E-state index in [0.717, 1.165) is 56.8 Å². The van der Waals surface area contributed by atoms with E-state index in [4.69, 9.17) is 9.47 Å². The number of nitrogens with zero attached hydrogens (tertiary/aromatic N) is 1. The third kappa shape index (κ3) is 3.51. The number of hydrogen-bond acceptors (Lipinski definition) is 4. The fourth-order valence-electron chi connectivity index (χ4n) is 3.85. The summed E-state index contributed by atoms with van der Waals surface area (Å²) >= 11 is 0. The lowest BCUT2D eigenvalue weighted by atomic mass is 9.86. The Balaban J connectivity index is 1.59. The number of piperidine rings is 1. The molecule has 1 spiro atoms. The number of para-hydroxylation sites is 2.